The van der Waals surface area contributed by atoms with Crippen molar-refractivity contribution < 1.29 is 4.79 Å². The third kappa shape index (κ3) is 2.98. The molecule has 0 radical (unpaired) electrons. The number of halogens is 1. The summed E-state index contributed by atoms with van der Waals surface area (Å²) < 4.78 is 0.936. The number of hydrogen-bond donors (Lipinski definition) is 2. The molecule has 1 aliphatic rings. The molecule has 80 valence electrons. The summed E-state index contributed by atoms with van der Waals surface area (Å²) in [6.07, 6.45) is 2.49. The fourth-order valence-corrected chi connectivity index (χ4v) is 2.20. The SMILES string of the molecule is O=C(NCC1CC1)c1ccc(Br)cc1S. The number of thiol groups is 1. The smallest absolute Gasteiger partial charge is 0.252 e. The Morgan fingerprint density at radius 1 is 1.53 bits per heavy atom. The van der Waals surface area contributed by atoms with Gasteiger partial charge in [0.05, 0.1) is 5.56 Å². The lowest BCUT2D eigenvalue weighted by molar-refractivity contribution is 0.0949. The first kappa shape index (κ1) is 11.0. The van der Waals surface area contributed by atoms with Crippen molar-refractivity contribution >= 4 is 34.5 Å². The number of carbonyl (C=O) groups is 1. The molecule has 1 aliphatic carbocycles. The van der Waals surface area contributed by atoms with Crippen LogP contribution in [0.3, 0.4) is 0 Å². The van der Waals surface area contributed by atoms with E-state index in [-0.39, 0.29) is 5.91 Å². The Bertz CT molecular complexity index is 390. The van der Waals surface area contributed by atoms with Crippen LogP contribution in [0.25, 0.3) is 0 Å². The Balaban J connectivity index is 2.03. The standard InChI is InChI=1S/C11H12BrNOS/c12-8-3-4-9(10(15)5-8)11(14)13-6-7-1-2-7/h3-5,7,15H,1-2,6H2,(H,13,14). The highest BCUT2D eigenvalue weighted by Gasteiger charge is 2.22. The Morgan fingerprint density at radius 3 is 2.87 bits per heavy atom. The van der Waals surface area contributed by atoms with E-state index in [1.54, 1.807) is 6.07 Å². The van der Waals surface area contributed by atoms with E-state index in [4.69, 9.17) is 0 Å². The highest BCUT2D eigenvalue weighted by molar-refractivity contribution is 9.10. The average Bonchev–Trinajstić information content (AvgIpc) is 2.97. The molecule has 0 aromatic heterocycles. The molecule has 0 spiro atoms. The van der Waals surface area contributed by atoms with Gasteiger partial charge in [0, 0.05) is 15.9 Å². The Labute approximate surface area is 103 Å². The van der Waals surface area contributed by atoms with Gasteiger partial charge in [0.15, 0.2) is 0 Å². The van der Waals surface area contributed by atoms with E-state index >= 15 is 0 Å². The molecular formula is C11H12BrNOS. The van der Waals surface area contributed by atoms with Crippen LogP contribution in [-0.4, -0.2) is 12.5 Å². The molecule has 1 aromatic rings. The third-order valence-electron chi connectivity index (χ3n) is 2.45. The molecule has 0 aliphatic heterocycles. The maximum absolute atomic E-state index is 11.7. The molecule has 0 atom stereocenters. The molecule has 15 heavy (non-hydrogen) atoms. The molecule has 1 amide bonds. The van der Waals surface area contributed by atoms with Crippen LogP contribution in [0.15, 0.2) is 27.6 Å². The van der Waals surface area contributed by atoms with Crippen molar-refractivity contribution in [2.45, 2.75) is 17.7 Å². The van der Waals surface area contributed by atoms with Gasteiger partial charge in [-0.1, -0.05) is 15.9 Å². The van der Waals surface area contributed by atoms with E-state index in [0.29, 0.717) is 16.4 Å². The lowest BCUT2D eigenvalue weighted by Gasteiger charge is -2.06. The largest absolute Gasteiger partial charge is 0.352 e. The van der Waals surface area contributed by atoms with Crippen molar-refractivity contribution in [3.05, 3.63) is 28.2 Å². The minimum Gasteiger partial charge on any atom is -0.352 e. The highest BCUT2D eigenvalue weighted by atomic mass is 79.9. The highest BCUT2D eigenvalue weighted by Crippen LogP contribution is 2.28. The van der Waals surface area contributed by atoms with Crippen LogP contribution in [0.5, 0.6) is 0 Å². The van der Waals surface area contributed by atoms with Crippen LogP contribution in [0.4, 0.5) is 0 Å². The topological polar surface area (TPSA) is 29.1 Å². The van der Waals surface area contributed by atoms with Crippen molar-refractivity contribution in [3.8, 4) is 0 Å². The van der Waals surface area contributed by atoms with Gasteiger partial charge in [-0.05, 0) is 37.0 Å². The predicted octanol–water partition coefficient (Wildman–Crippen LogP) is 2.88. The first-order chi connectivity index (χ1) is 7.16. The van der Waals surface area contributed by atoms with Gasteiger partial charge >= 0.3 is 0 Å². The quantitative estimate of drug-likeness (QED) is 0.822. The Hall–Kier alpha value is -0.480. The molecule has 4 heteroatoms. The van der Waals surface area contributed by atoms with Gasteiger partial charge in [0.25, 0.3) is 5.91 Å². The molecule has 2 rings (SSSR count). The van der Waals surface area contributed by atoms with Crippen LogP contribution in [0, 0.1) is 5.92 Å². The minimum atomic E-state index is -0.0283. The number of amides is 1. The first-order valence-corrected chi connectivity index (χ1v) is 6.17. The molecule has 0 bridgehead atoms. The van der Waals surface area contributed by atoms with Crippen LogP contribution in [0.2, 0.25) is 0 Å². The van der Waals surface area contributed by atoms with Gasteiger partial charge in [-0.25, -0.2) is 0 Å². The van der Waals surface area contributed by atoms with Gasteiger partial charge in [-0.3, -0.25) is 4.79 Å². The lowest BCUT2D eigenvalue weighted by Crippen LogP contribution is -2.25. The second-order valence-corrected chi connectivity index (χ2v) is 5.21. The van der Waals surface area contributed by atoms with E-state index in [1.165, 1.54) is 12.8 Å². The molecule has 1 saturated carbocycles. The molecule has 0 unspecified atom stereocenters. The van der Waals surface area contributed by atoms with Crippen molar-refractivity contribution in [2.24, 2.45) is 5.92 Å². The Kier molecular flexibility index (Phi) is 3.36. The summed E-state index contributed by atoms with van der Waals surface area (Å²) in [6, 6.07) is 5.47. The van der Waals surface area contributed by atoms with Crippen LogP contribution < -0.4 is 5.32 Å². The summed E-state index contributed by atoms with van der Waals surface area (Å²) in [5, 5.41) is 2.92. The number of rotatable bonds is 3. The molecular weight excluding hydrogens is 274 g/mol. The molecule has 0 heterocycles. The zero-order valence-electron chi connectivity index (χ0n) is 8.16. The normalized spacial score (nSPS) is 15.1. The van der Waals surface area contributed by atoms with E-state index in [0.717, 1.165) is 11.0 Å². The minimum absolute atomic E-state index is 0.0283. The monoisotopic (exact) mass is 285 g/mol. The number of carbonyl (C=O) groups excluding carboxylic acids is 1. The van der Waals surface area contributed by atoms with Crippen molar-refractivity contribution in [1.29, 1.82) is 0 Å². The van der Waals surface area contributed by atoms with Gasteiger partial charge < -0.3 is 5.32 Å². The fourth-order valence-electron chi connectivity index (χ4n) is 1.35. The van der Waals surface area contributed by atoms with Gasteiger partial charge in [0.1, 0.15) is 0 Å². The summed E-state index contributed by atoms with van der Waals surface area (Å²) in [5.74, 6) is 0.673. The maximum atomic E-state index is 11.7. The summed E-state index contributed by atoms with van der Waals surface area (Å²) in [6.45, 7) is 0.794. The number of nitrogens with one attached hydrogen (secondary N) is 1. The first-order valence-electron chi connectivity index (χ1n) is 4.93. The molecule has 1 N–H and O–H groups in total. The zero-order valence-corrected chi connectivity index (χ0v) is 10.6. The van der Waals surface area contributed by atoms with Gasteiger partial charge in [-0.15, -0.1) is 12.6 Å². The second kappa shape index (κ2) is 4.58. The summed E-state index contributed by atoms with van der Waals surface area (Å²) in [7, 11) is 0. The lowest BCUT2D eigenvalue weighted by atomic mass is 10.2. The molecule has 1 fully saturated rings. The van der Waals surface area contributed by atoms with Gasteiger partial charge in [0.2, 0.25) is 0 Å². The van der Waals surface area contributed by atoms with Crippen LogP contribution in [-0.2, 0) is 0 Å². The van der Waals surface area contributed by atoms with E-state index in [9.17, 15) is 4.79 Å². The molecule has 0 saturated heterocycles. The van der Waals surface area contributed by atoms with Gasteiger partial charge in [-0.2, -0.15) is 0 Å². The van der Waals surface area contributed by atoms with E-state index < -0.39 is 0 Å². The van der Waals surface area contributed by atoms with Crippen molar-refractivity contribution in [2.75, 3.05) is 6.54 Å². The van der Waals surface area contributed by atoms with Crippen molar-refractivity contribution in [1.82, 2.24) is 5.32 Å². The third-order valence-corrected chi connectivity index (χ3v) is 3.32. The van der Waals surface area contributed by atoms with E-state index in [1.807, 2.05) is 12.1 Å². The summed E-state index contributed by atoms with van der Waals surface area (Å²) in [4.78, 5) is 12.4. The predicted molar refractivity (Wildman–Crippen MR) is 66.5 cm³/mol. The Morgan fingerprint density at radius 2 is 2.27 bits per heavy atom. The van der Waals surface area contributed by atoms with Crippen LogP contribution >= 0.6 is 28.6 Å². The van der Waals surface area contributed by atoms with E-state index in [2.05, 4.69) is 33.9 Å². The maximum Gasteiger partial charge on any atom is 0.252 e. The average molecular weight is 286 g/mol. The molecule has 2 nitrogen and oxygen atoms in total. The fraction of sp³-hybridized carbons (Fsp3) is 0.364. The zero-order chi connectivity index (χ0) is 10.8. The second-order valence-electron chi connectivity index (χ2n) is 3.81. The van der Waals surface area contributed by atoms with Crippen molar-refractivity contribution in [3.63, 3.8) is 0 Å². The number of benzene rings is 1. The summed E-state index contributed by atoms with van der Waals surface area (Å²) in [5.41, 5.74) is 0.641. The summed E-state index contributed by atoms with van der Waals surface area (Å²) >= 11 is 7.61. The molecule has 1 aromatic carbocycles. The van der Waals surface area contributed by atoms with Crippen LogP contribution in [0.1, 0.15) is 23.2 Å². The number of hydrogen-bond acceptors (Lipinski definition) is 2.